The van der Waals surface area contributed by atoms with E-state index < -0.39 is 0 Å². The van der Waals surface area contributed by atoms with E-state index in [2.05, 4.69) is 27.6 Å². The van der Waals surface area contributed by atoms with Gasteiger partial charge in [-0.2, -0.15) is 0 Å². The van der Waals surface area contributed by atoms with Crippen LogP contribution in [0.2, 0.25) is 5.02 Å². The number of hydrogen-bond donors (Lipinski definition) is 0. The molecule has 0 fully saturated rings. The molecule has 0 bridgehead atoms. The van der Waals surface area contributed by atoms with Crippen LogP contribution in [0, 0.1) is 3.57 Å². The highest BCUT2D eigenvalue weighted by Crippen LogP contribution is 2.24. The number of rotatable bonds is 2. The number of pyridine rings is 1. The van der Waals surface area contributed by atoms with E-state index in [1.807, 2.05) is 30.3 Å². The van der Waals surface area contributed by atoms with Gasteiger partial charge in [-0.25, -0.2) is 0 Å². The zero-order valence-electron chi connectivity index (χ0n) is 10.3. The molecule has 3 rings (SSSR count). The first-order valence-corrected chi connectivity index (χ1v) is 7.45. The highest BCUT2D eigenvalue weighted by atomic mass is 127. The lowest BCUT2D eigenvalue weighted by molar-refractivity contribution is 0.104. The molecule has 0 aliphatic heterocycles. The van der Waals surface area contributed by atoms with Crippen molar-refractivity contribution >= 4 is 50.7 Å². The van der Waals surface area contributed by atoms with E-state index in [0.717, 1.165) is 14.3 Å². The summed E-state index contributed by atoms with van der Waals surface area (Å²) in [6.45, 7) is 0. The van der Waals surface area contributed by atoms with Gasteiger partial charge in [0.05, 0.1) is 5.02 Å². The maximum atomic E-state index is 12.6. The third-order valence-corrected chi connectivity index (χ3v) is 4.68. The van der Waals surface area contributed by atoms with Crippen molar-refractivity contribution in [3.8, 4) is 0 Å². The molecule has 0 radical (unpaired) electrons. The molecule has 0 saturated heterocycles. The normalized spacial score (nSPS) is 10.7. The van der Waals surface area contributed by atoms with Gasteiger partial charge < -0.3 is 0 Å². The zero-order valence-corrected chi connectivity index (χ0v) is 13.2. The molecule has 1 heterocycles. The maximum Gasteiger partial charge on any atom is 0.193 e. The lowest BCUT2D eigenvalue weighted by atomic mass is 9.98. The number of nitrogens with zero attached hydrogens (tertiary/aromatic N) is 1. The molecule has 0 saturated carbocycles. The molecule has 0 spiro atoms. The second-order valence-corrected chi connectivity index (χ2v) is 5.93. The zero-order chi connectivity index (χ0) is 14.1. The van der Waals surface area contributed by atoms with Crippen LogP contribution in [-0.2, 0) is 0 Å². The molecule has 0 unspecified atom stereocenters. The molecule has 1 aromatic heterocycles. The average molecular weight is 394 g/mol. The van der Waals surface area contributed by atoms with Gasteiger partial charge in [-0.15, -0.1) is 0 Å². The number of carbonyl (C=O) groups excluding carboxylic acids is 1. The van der Waals surface area contributed by atoms with Crippen molar-refractivity contribution in [2.24, 2.45) is 0 Å². The molecule has 4 heteroatoms. The summed E-state index contributed by atoms with van der Waals surface area (Å²) in [6, 6.07) is 12.9. The first-order chi connectivity index (χ1) is 9.66. The number of halogens is 2. The first kappa shape index (κ1) is 13.5. The summed E-state index contributed by atoms with van der Waals surface area (Å²) in [5, 5.41) is 2.45. The number of benzene rings is 2. The smallest absolute Gasteiger partial charge is 0.193 e. The van der Waals surface area contributed by atoms with E-state index >= 15 is 0 Å². The van der Waals surface area contributed by atoms with Crippen molar-refractivity contribution in [2.45, 2.75) is 0 Å². The Morgan fingerprint density at radius 3 is 2.80 bits per heavy atom. The molecule has 2 nitrogen and oxygen atoms in total. The SMILES string of the molecule is O=C(c1ccc(I)c(Cl)c1)c1cccc2cnccc12. The molecule has 0 atom stereocenters. The lowest BCUT2D eigenvalue weighted by Crippen LogP contribution is -2.02. The van der Waals surface area contributed by atoms with E-state index in [-0.39, 0.29) is 5.78 Å². The number of aromatic nitrogens is 1. The standard InChI is InChI=1S/C16H9ClINO/c17-14-8-10(4-5-15(14)18)16(20)13-3-1-2-11-9-19-7-6-12(11)13/h1-9H. The molecule has 0 aliphatic rings. The fraction of sp³-hybridized carbons (Fsp3) is 0. The largest absolute Gasteiger partial charge is 0.289 e. The molecule has 2 aromatic carbocycles. The van der Waals surface area contributed by atoms with Crippen molar-refractivity contribution in [1.29, 1.82) is 0 Å². The quantitative estimate of drug-likeness (QED) is 0.466. The van der Waals surface area contributed by atoms with Crippen LogP contribution in [0.15, 0.2) is 54.9 Å². The molecular formula is C16H9ClINO. The summed E-state index contributed by atoms with van der Waals surface area (Å²) in [4.78, 5) is 16.7. The summed E-state index contributed by atoms with van der Waals surface area (Å²) in [5.41, 5.74) is 1.27. The number of carbonyl (C=O) groups is 1. The Hall–Kier alpha value is -1.46. The summed E-state index contributed by atoms with van der Waals surface area (Å²) in [7, 11) is 0. The van der Waals surface area contributed by atoms with Gasteiger partial charge in [0.1, 0.15) is 0 Å². The van der Waals surface area contributed by atoms with Gasteiger partial charge in [-0.1, -0.05) is 29.8 Å². The van der Waals surface area contributed by atoms with Crippen molar-refractivity contribution in [2.75, 3.05) is 0 Å². The Balaban J connectivity index is 2.15. The van der Waals surface area contributed by atoms with Crippen molar-refractivity contribution in [1.82, 2.24) is 4.98 Å². The van der Waals surface area contributed by atoms with Gasteiger partial charge in [-0.05, 0) is 52.2 Å². The second kappa shape index (κ2) is 5.50. The predicted octanol–water partition coefficient (Wildman–Crippen LogP) is 4.72. The van der Waals surface area contributed by atoms with E-state index in [4.69, 9.17) is 11.6 Å². The molecule has 0 amide bonds. The number of hydrogen-bond acceptors (Lipinski definition) is 2. The molecule has 0 N–H and O–H groups in total. The summed E-state index contributed by atoms with van der Waals surface area (Å²) < 4.78 is 0.933. The Labute approximate surface area is 134 Å². The summed E-state index contributed by atoms with van der Waals surface area (Å²) in [6.07, 6.45) is 3.45. The van der Waals surface area contributed by atoms with E-state index in [1.54, 1.807) is 24.5 Å². The van der Waals surface area contributed by atoms with Crippen LogP contribution in [0.4, 0.5) is 0 Å². The maximum absolute atomic E-state index is 12.6. The van der Waals surface area contributed by atoms with Gasteiger partial charge >= 0.3 is 0 Å². The summed E-state index contributed by atoms with van der Waals surface area (Å²) in [5.74, 6) is -0.0277. The predicted molar refractivity (Wildman–Crippen MR) is 89.3 cm³/mol. The van der Waals surface area contributed by atoms with Crippen LogP contribution < -0.4 is 0 Å². The molecular weight excluding hydrogens is 385 g/mol. The van der Waals surface area contributed by atoms with Gasteiger partial charge in [0.2, 0.25) is 0 Å². The van der Waals surface area contributed by atoms with Crippen LogP contribution in [0.5, 0.6) is 0 Å². The van der Waals surface area contributed by atoms with Crippen LogP contribution in [0.25, 0.3) is 10.8 Å². The average Bonchev–Trinajstić information content (AvgIpc) is 2.49. The Kier molecular flexibility index (Phi) is 3.72. The Morgan fingerprint density at radius 2 is 2.00 bits per heavy atom. The highest BCUT2D eigenvalue weighted by Gasteiger charge is 2.13. The molecule has 0 aliphatic carbocycles. The topological polar surface area (TPSA) is 30.0 Å². The van der Waals surface area contributed by atoms with Crippen molar-refractivity contribution in [3.05, 3.63) is 74.6 Å². The molecule has 3 aromatic rings. The fourth-order valence-corrected chi connectivity index (χ4v) is 2.63. The minimum atomic E-state index is -0.0277. The minimum absolute atomic E-state index is 0.0277. The Morgan fingerprint density at radius 1 is 1.15 bits per heavy atom. The first-order valence-electron chi connectivity index (χ1n) is 5.99. The van der Waals surface area contributed by atoms with Crippen LogP contribution in [0.3, 0.4) is 0 Å². The fourth-order valence-electron chi connectivity index (χ4n) is 2.11. The Bertz CT molecular complexity index is 811. The number of ketones is 1. The lowest BCUT2D eigenvalue weighted by Gasteiger charge is -2.06. The number of fused-ring (bicyclic) bond motifs is 1. The van der Waals surface area contributed by atoms with E-state index in [0.29, 0.717) is 16.1 Å². The van der Waals surface area contributed by atoms with Crippen LogP contribution >= 0.6 is 34.2 Å². The van der Waals surface area contributed by atoms with Crippen LogP contribution in [-0.4, -0.2) is 10.8 Å². The van der Waals surface area contributed by atoms with Gasteiger partial charge in [0, 0.05) is 32.5 Å². The van der Waals surface area contributed by atoms with Crippen molar-refractivity contribution in [3.63, 3.8) is 0 Å². The third-order valence-electron chi connectivity index (χ3n) is 3.11. The van der Waals surface area contributed by atoms with Gasteiger partial charge in [-0.3, -0.25) is 9.78 Å². The van der Waals surface area contributed by atoms with E-state index in [1.165, 1.54) is 0 Å². The molecule has 20 heavy (non-hydrogen) atoms. The van der Waals surface area contributed by atoms with E-state index in [9.17, 15) is 4.79 Å². The minimum Gasteiger partial charge on any atom is -0.289 e. The third kappa shape index (κ3) is 2.43. The summed E-state index contributed by atoms with van der Waals surface area (Å²) >= 11 is 8.24. The van der Waals surface area contributed by atoms with Crippen LogP contribution in [0.1, 0.15) is 15.9 Å². The highest BCUT2D eigenvalue weighted by molar-refractivity contribution is 14.1. The van der Waals surface area contributed by atoms with Gasteiger partial charge in [0.25, 0.3) is 0 Å². The second-order valence-electron chi connectivity index (χ2n) is 4.36. The molecule has 98 valence electrons. The van der Waals surface area contributed by atoms with Gasteiger partial charge in [0.15, 0.2) is 5.78 Å². The van der Waals surface area contributed by atoms with Crippen molar-refractivity contribution < 1.29 is 4.79 Å². The monoisotopic (exact) mass is 393 g/mol.